The van der Waals surface area contributed by atoms with E-state index in [4.69, 9.17) is 10.8 Å². The highest BCUT2D eigenvalue weighted by molar-refractivity contribution is 5.89. The number of hydrogen-bond acceptors (Lipinski definition) is 3. The summed E-state index contributed by atoms with van der Waals surface area (Å²) >= 11 is 0. The Morgan fingerprint density at radius 1 is 1.56 bits per heavy atom. The highest BCUT2D eigenvalue weighted by Crippen LogP contribution is 2.30. The van der Waals surface area contributed by atoms with E-state index in [1.807, 2.05) is 0 Å². The minimum Gasteiger partial charge on any atom is -0.480 e. The maximum atomic E-state index is 11.9. The molecule has 5 heteroatoms. The van der Waals surface area contributed by atoms with Crippen LogP contribution >= 0.6 is 0 Å². The number of carbonyl (C=O) groups is 2. The summed E-state index contributed by atoms with van der Waals surface area (Å²) in [5.74, 6) is -0.959. The van der Waals surface area contributed by atoms with Gasteiger partial charge in [-0.1, -0.05) is 19.8 Å². The molecule has 1 saturated carbocycles. The van der Waals surface area contributed by atoms with Crippen molar-refractivity contribution in [1.29, 1.82) is 0 Å². The summed E-state index contributed by atoms with van der Waals surface area (Å²) in [6.45, 7) is 3.50. The predicted octanol–water partition coefficient (Wildman–Crippen LogP) is 0.483. The van der Waals surface area contributed by atoms with Crippen LogP contribution in [0.2, 0.25) is 0 Å². The summed E-state index contributed by atoms with van der Waals surface area (Å²) in [7, 11) is 0. The smallest absolute Gasteiger partial charge is 0.325 e. The molecule has 3 unspecified atom stereocenters. The fraction of sp³-hybridized carbons (Fsp3) is 0.818. The van der Waals surface area contributed by atoms with Crippen LogP contribution in [0.3, 0.4) is 0 Å². The summed E-state index contributed by atoms with van der Waals surface area (Å²) in [5, 5.41) is 11.2. The van der Waals surface area contributed by atoms with Crippen molar-refractivity contribution >= 4 is 11.9 Å². The molecule has 1 rings (SSSR count). The fourth-order valence-corrected chi connectivity index (χ4v) is 2.20. The lowest BCUT2D eigenvalue weighted by Crippen LogP contribution is -2.58. The average Bonchev–Trinajstić information content (AvgIpc) is 2.16. The average molecular weight is 228 g/mol. The van der Waals surface area contributed by atoms with E-state index in [1.54, 1.807) is 0 Å². The van der Waals surface area contributed by atoms with Crippen molar-refractivity contribution in [1.82, 2.24) is 5.32 Å². The molecule has 0 aromatic heterocycles. The van der Waals surface area contributed by atoms with E-state index < -0.39 is 17.6 Å². The molecule has 1 amide bonds. The standard InChI is InChI=1S/C11H20N2O3/c1-7-4-3-5-11(12,6-7)10(16)13-8(2)9(14)15/h7-8H,3-6,12H2,1-2H3,(H,13,16)(H,14,15). The molecule has 92 valence electrons. The third-order valence-corrected chi connectivity index (χ3v) is 3.20. The molecule has 3 atom stereocenters. The molecule has 0 aromatic rings. The van der Waals surface area contributed by atoms with E-state index in [9.17, 15) is 9.59 Å². The summed E-state index contributed by atoms with van der Waals surface area (Å²) in [4.78, 5) is 22.5. The van der Waals surface area contributed by atoms with Gasteiger partial charge in [-0.2, -0.15) is 0 Å². The molecule has 0 spiro atoms. The van der Waals surface area contributed by atoms with Gasteiger partial charge in [-0.3, -0.25) is 9.59 Å². The van der Waals surface area contributed by atoms with Crippen molar-refractivity contribution in [3.63, 3.8) is 0 Å². The fourth-order valence-electron chi connectivity index (χ4n) is 2.20. The zero-order valence-corrected chi connectivity index (χ0v) is 9.82. The van der Waals surface area contributed by atoms with Gasteiger partial charge < -0.3 is 16.2 Å². The lowest BCUT2D eigenvalue weighted by molar-refractivity contribution is -0.142. The zero-order chi connectivity index (χ0) is 12.3. The topological polar surface area (TPSA) is 92.4 Å². The Labute approximate surface area is 95.4 Å². The van der Waals surface area contributed by atoms with Crippen molar-refractivity contribution in [3.8, 4) is 0 Å². The van der Waals surface area contributed by atoms with Gasteiger partial charge in [0.15, 0.2) is 0 Å². The number of nitrogens with one attached hydrogen (secondary N) is 1. The number of aliphatic carboxylic acids is 1. The quantitative estimate of drug-likeness (QED) is 0.655. The van der Waals surface area contributed by atoms with Crippen molar-refractivity contribution in [3.05, 3.63) is 0 Å². The molecule has 16 heavy (non-hydrogen) atoms. The molecule has 0 radical (unpaired) electrons. The maximum absolute atomic E-state index is 11.9. The molecule has 5 nitrogen and oxygen atoms in total. The third-order valence-electron chi connectivity index (χ3n) is 3.20. The van der Waals surface area contributed by atoms with Gasteiger partial charge in [0.1, 0.15) is 6.04 Å². The molecule has 0 aromatic carbocycles. The van der Waals surface area contributed by atoms with E-state index in [-0.39, 0.29) is 5.91 Å². The number of rotatable bonds is 3. The van der Waals surface area contributed by atoms with Crippen molar-refractivity contribution in [2.75, 3.05) is 0 Å². The predicted molar refractivity (Wildman–Crippen MR) is 59.8 cm³/mol. The van der Waals surface area contributed by atoms with E-state index >= 15 is 0 Å². The number of hydrogen-bond donors (Lipinski definition) is 3. The first-order valence-corrected chi connectivity index (χ1v) is 5.68. The second-order valence-electron chi connectivity index (χ2n) is 4.89. The number of nitrogens with two attached hydrogens (primary N) is 1. The summed E-state index contributed by atoms with van der Waals surface area (Å²) < 4.78 is 0. The second kappa shape index (κ2) is 4.82. The molecule has 0 bridgehead atoms. The molecule has 1 aliphatic carbocycles. The van der Waals surface area contributed by atoms with Crippen LogP contribution < -0.4 is 11.1 Å². The number of carboxylic acids is 1. The van der Waals surface area contributed by atoms with Gasteiger partial charge in [0.2, 0.25) is 5.91 Å². The van der Waals surface area contributed by atoms with Gasteiger partial charge in [-0.25, -0.2) is 0 Å². The Hall–Kier alpha value is -1.10. The third kappa shape index (κ3) is 2.95. The van der Waals surface area contributed by atoms with Crippen LogP contribution in [0.25, 0.3) is 0 Å². The van der Waals surface area contributed by atoms with Crippen molar-refractivity contribution in [2.24, 2.45) is 11.7 Å². The zero-order valence-electron chi connectivity index (χ0n) is 9.82. The van der Waals surface area contributed by atoms with Gasteiger partial charge in [0, 0.05) is 0 Å². The Kier molecular flexibility index (Phi) is 3.91. The molecule has 0 saturated heterocycles. The lowest BCUT2D eigenvalue weighted by atomic mass is 9.76. The molecule has 4 N–H and O–H groups in total. The van der Waals surface area contributed by atoms with Gasteiger partial charge in [0.05, 0.1) is 5.54 Å². The van der Waals surface area contributed by atoms with Gasteiger partial charge in [-0.15, -0.1) is 0 Å². The molecule has 0 aliphatic heterocycles. The maximum Gasteiger partial charge on any atom is 0.325 e. The molecular weight excluding hydrogens is 208 g/mol. The van der Waals surface area contributed by atoms with Crippen LogP contribution in [0.5, 0.6) is 0 Å². The molecular formula is C11H20N2O3. The van der Waals surface area contributed by atoms with Crippen LogP contribution in [0, 0.1) is 5.92 Å². The largest absolute Gasteiger partial charge is 0.480 e. The van der Waals surface area contributed by atoms with Crippen LogP contribution in [-0.4, -0.2) is 28.6 Å². The second-order valence-corrected chi connectivity index (χ2v) is 4.89. The van der Waals surface area contributed by atoms with E-state index in [1.165, 1.54) is 6.92 Å². The number of amides is 1. The van der Waals surface area contributed by atoms with Crippen LogP contribution in [0.4, 0.5) is 0 Å². The van der Waals surface area contributed by atoms with Gasteiger partial charge in [0.25, 0.3) is 0 Å². The summed E-state index contributed by atoms with van der Waals surface area (Å²) in [6.07, 6.45) is 3.27. The van der Waals surface area contributed by atoms with E-state index in [0.717, 1.165) is 12.8 Å². The lowest BCUT2D eigenvalue weighted by Gasteiger charge is -2.35. The monoisotopic (exact) mass is 228 g/mol. The van der Waals surface area contributed by atoms with Crippen LogP contribution in [0.15, 0.2) is 0 Å². The first kappa shape index (κ1) is 13.0. The summed E-state index contributed by atoms with van der Waals surface area (Å²) in [5.41, 5.74) is 5.15. The summed E-state index contributed by atoms with van der Waals surface area (Å²) in [6, 6.07) is -0.884. The molecule has 0 heterocycles. The first-order valence-electron chi connectivity index (χ1n) is 5.68. The van der Waals surface area contributed by atoms with Gasteiger partial charge >= 0.3 is 5.97 Å². The Balaban J connectivity index is 2.61. The number of carboxylic acid groups (broad SMARTS) is 1. The van der Waals surface area contributed by atoms with Gasteiger partial charge in [-0.05, 0) is 25.7 Å². The molecule has 1 fully saturated rings. The van der Waals surface area contributed by atoms with E-state index in [0.29, 0.717) is 18.8 Å². The van der Waals surface area contributed by atoms with Crippen LogP contribution in [-0.2, 0) is 9.59 Å². The minimum atomic E-state index is -1.04. The highest BCUT2D eigenvalue weighted by Gasteiger charge is 2.38. The first-order chi connectivity index (χ1) is 7.35. The van der Waals surface area contributed by atoms with Crippen molar-refractivity contribution < 1.29 is 14.7 Å². The van der Waals surface area contributed by atoms with Crippen LogP contribution in [0.1, 0.15) is 39.5 Å². The highest BCUT2D eigenvalue weighted by atomic mass is 16.4. The minimum absolute atomic E-state index is 0.339. The normalized spacial score (nSPS) is 31.8. The van der Waals surface area contributed by atoms with Crippen molar-refractivity contribution in [2.45, 2.75) is 51.1 Å². The van der Waals surface area contributed by atoms with E-state index in [2.05, 4.69) is 12.2 Å². The Morgan fingerprint density at radius 3 is 2.69 bits per heavy atom. The number of carbonyl (C=O) groups excluding carboxylic acids is 1. The molecule has 1 aliphatic rings. The Morgan fingerprint density at radius 2 is 2.19 bits per heavy atom. The SMILES string of the molecule is CC1CCCC(N)(C(=O)NC(C)C(=O)O)C1. The Bertz CT molecular complexity index is 293.